The van der Waals surface area contributed by atoms with Gasteiger partial charge in [0.1, 0.15) is 16.5 Å². The van der Waals surface area contributed by atoms with Gasteiger partial charge in [-0.3, -0.25) is 0 Å². The van der Waals surface area contributed by atoms with Crippen LogP contribution in [0.2, 0.25) is 0 Å². The highest BCUT2D eigenvalue weighted by Gasteiger charge is 2.34. The van der Waals surface area contributed by atoms with Crippen LogP contribution in [-0.2, 0) is 0 Å². The Hall–Kier alpha value is -2.12. The van der Waals surface area contributed by atoms with E-state index in [1.165, 1.54) is 34.6 Å². The molecule has 4 rings (SSSR count). The smallest absolute Gasteiger partial charge is 0.235 e. The van der Waals surface area contributed by atoms with Gasteiger partial charge in [0.2, 0.25) is 10.8 Å². The number of rotatable bonds is 5. The van der Waals surface area contributed by atoms with Crippen LogP contribution in [0, 0.1) is 6.92 Å². The molecule has 0 radical (unpaired) electrons. The summed E-state index contributed by atoms with van der Waals surface area (Å²) in [4.78, 5) is 7.59. The molecular weight excluding hydrogens is 336 g/mol. The maximum absolute atomic E-state index is 10.8. The first-order chi connectivity index (χ1) is 12.2. The molecule has 132 valence electrons. The minimum absolute atomic E-state index is 0.104. The molecule has 0 amide bonds. The predicted molar refractivity (Wildman–Crippen MR) is 96.7 cm³/mol. The average Bonchev–Trinajstić information content (AvgIpc) is 3.30. The van der Waals surface area contributed by atoms with Gasteiger partial charge < -0.3 is 14.7 Å². The van der Waals surface area contributed by atoms with Crippen molar-refractivity contribution in [3.63, 3.8) is 0 Å². The fraction of sp³-hybridized carbons (Fsp3) is 0.444. The molecule has 1 aliphatic heterocycles. The van der Waals surface area contributed by atoms with Gasteiger partial charge in [0, 0.05) is 18.4 Å². The third-order valence-electron chi connectivity index (χ3n) is 4.75. The molecule has 0 bridgehead atoms. The number of nitrogens with zero attached hydrogens (tertiary/aromatic N) is 3. The number of aromatic nitrogens is 3. The van der Waals surface area contributed by atoms with E-state index in [1.807, 2.05) is 26.0 Å². The van der Waals surface area contributed by atoms with Crippen LogP contribution >= 0.6 is 11.3 Å². The molecule has 7 heteroatoms. The van der Waals surface area contributed by atoms with Crippen LogP contribution in [0.4, 0.5) is 0 Å². The van der Waals surface area contributed by atoms with Gasteiger partial charge in [-0.25, -0.2) is 4.98 Å². The molecule has 0 saturated carbocycles. The summed E-state index contributed by atoms with van der Waals surface area (Å²) in [7, 11) is 0. The average molecular weight is 359 g/mol. The largest absolute Gasteiger partial charge is 0.494 e. The second-order valence-electron chi connectivity index (χ2n) is 6.44. The van der Waals surface area contributed by atoms with E-state index in [9.17, 15) is 5.11 Å². The Kier molecular flexibility index (Phi) is 4.35. The van der Waals surface area contributed by atoms with Crippen LogP contribution < -0.4 is 9.64 Å². The van der Waals surface area contributed by atoms with E-state index in [1.54, 1.807) is 4.52 Å². The van der Waals surface area contributed by atoms with Gasteiger partial charge in [0.25, 0.3) is 0 Å². The van der Waals surface area contributed by atoms with Gasteiger partial charge in [-0.15, -0.1) is 5.10 Å². The Labute approximate surface area is 150 Å². The molecule has 1 aliphatic rings. The van der Waals surface area contributed by atoms with Crippen LogP contribution in [0.5, 0.6) is 11.6 Å². The van der Waals surface area contributed by atoms with Crippen molar-refractivity contribution in [2.24, 2.45) is 0 Å². The van der Waals surface area contributed by atoms with Gasteiger partial charge in [-0.05, 0) is 38.1 Å². The minimum Gasteiger partial charge on any atom is -0.494 e. The number of ether oxygens (including phenoxy) is 1. The third kappa shape index (κ3) is 2.98. The lowest BCUT2D eigenvalue weighted by Gasteiger charge is -2.24. The van der Waals surface area contributed by atoms with E-state index in [-0.39, 0.29) is 11.9 Å². The number of aryl methyl sites for hydroxylation is 1. The molecule has 2 N–H and O–H groups in total. The SMILES string of the molecule is CCOc1ccc([C@@H](c2sc3nc(C)nn3c2O)[NH+]2CCCC2)cc1. The highest BCUT2D eigenvalue weighted by molar-refractivity contribution is 7.17. The fourth-order valence-electron chi connectivity index (χ4n) is 3.65. The summed E-state index contributed by atoms with van der Waals surface area (Å²) in [6.07, 6.45) is 2.45. The summed E-state index contributed by atoms with van der Waals surface area (Å²) >= 11 is 1.54. The molecule has 1 saturated heterocycles. The zero-order valence-electron chi connectivity index (χ0n) is 14.5. The van der Waals surface area contributed by atoms with Crippen LogP contribution in [0.3, 0.4) is 0 Å². The summed E-state index contributed by atoms with van der Waals surface area (Å²) in [5, 5.41) is 15.1. The highest BCUT2D eigenvalue weighted by Crippen LogP contribution is 2.35. The van der Waals surface area contributed by atoms with Crippen LogP contribution in [-0.4, -0.2) is 39.4 Å². The van der Waals surface area contributed by atoms with E-state index in [0.29, 0.717) is 12.4 Å². The monoisotopic (exact) mass is 359 g/mol. The molecule has 2 aromatic heterocycles. The first kappa shape index (κ1) is 16.4. The molecule has 0 aliphatic carbocycles. The first-order valence-electron chi connectivity index (χ1n) is 8.79. The molecule has 3 aromatic rings. The second kappa shape index (κ2) is 6.65. The van der Waals surface area contributed by atoms with E-state index in [4.69, 9.17) is 4.74 Å². The van der Waals surface area contributed by atoms with E-state index < -0.39 is 0 Å². The molecule has 6 nitrogen and oxygen atoms in total. The standard InChI is InChI=1S/C18H22N4O2S/c1-3-24-14-8-6-13(7-9-14)15(21-10-4-5-11-21)16-17(23)22-18(25-16)19-12(2)20-22/h6-9,15,23H,3-5,10-11H2,1-2H3/p+1/t15-/m0/s1. The van der Waals surface area contributed by atoms with Crippen LogP contribution in [0.25, 0.3) is 4.96 Å². The van der Waals surface area contributed by atoms with Crippen molar-refractivity contribution >= 4 is 16.3 Å². The lowest BCUT2D eigenvalue weighted by Crippen LogP contribution is -3.10. The first-order valence-corrected chi connectivity index (χ1v) is 9.61. The van der Waals surface area contributed by atoms with Gasteiger partial charge >= 0.3 is 0 Å². The quantitative estimate of drug-likeness (QED) is 0.731. The molecule has 0 unspecified atom stereocenters. The molecule has 1 fully saturated rings. The van der Waals surface area contributed by atoms with Gasteiger partial charge in [0.05, 0.1) is 19.7 Å². The van der Waals surface area contributed by atoms with Crippen molar-refractivity contribution in [1.82, 2.24) is 14.6 Å². The Balaban J connectivity index is 1.77. The van der Waals surface area contributed by atoms with Crippen molar-refractivity contribution < 1.29 is 14.7 Å². The van der Waals surface area contributed by atoms with Crippen LogP contribution in [0.15, 0.2) is 24.3 Å². The molecule has 3 heterocycles. The highest BCUT2D eigenvalue weighted by atomic mass is 32.1. The number of thiazole rings is 1. The molecular formula is C18H23N4O2S+. The molecule has 1 aromatic carbocycles. The lowest BCUT2D eigenvalue weighted by molar-refractivity contribution is -0.913. The van der Waals surface area contributed by atoms with Crippen molar-refractivity contribution in [2.75, 3.05) is 19.7 Å². The summed E-state index contributed by atoms with van der Waals surface area (Å²) < 4.78 is 7.13. The molecule has 25 heavy (non-hydrogen) atoms. The number of fused-ring (bicyclic) bond motifs is 1. The second-order valence-corrected chi connectivity index (χ2v) is 7.45. The summed E-state index contributed by atoms with van der Waals surface area (Å²) in [5.74, 6) is 1.78. The molecule has 1 atom stereocenters. The fourth-order valence-corrected chi connectivity index (χ4v) is 4.84. The summed E-state index contributed by atoms with van der Waals surface area (Å²) in [6.45, 7) is 6.72. The van der Waals surface area contributed by atoms with Gasteiger partial charge in [0.15, 0.2) is 6.04 Å². The lowest BCUT2D eigenvalue weighted by atomic mass is 10.0. The number of quaternary nitrogens is 1. The number of nitrogens with one attached hydrogen (secondary N) is 1. The molecule has 0 spiro atoms. The van der Waals surface area contributed by atoms with E-state index >= 15 is 0 Å². The van der Waals surface area contributed by atoms with Crippen molar-refractivity contribution in [2.45, 2.75) is 32.7 Å². The van der Waals surface area contributed by atoms with Gasteiger partial charge in [-0.2, -0.15) is 4.52 Å². The zero-order chi connectivity index (χ0) is 17.4. The Morgan fingerprint density at radius 3 is 2.64 bits per heavy atom. The number of likely N-dealkylation sites (tertiary alicyclic amines) is 1. The maximum Gasteiger partial charge on any atom is 0.235 e. The number of aromatic hydroxyl groups is 1. The Morgan fingerprint density at radius 1 is 1.28 bits per heavy atom. The predicted octanol–water partition coefficient (Wildman–Crippen LogP) is 1.97. The number of hydrogen-bond acceptors (Lipinski definition) is 5. The Bertz CT molecular complexity index is 865. The van der Waals surface area contributed by atoms with E-state index in [2.05, 4.69) is 22.2 Å². The Morgan fingerprint density at radius 2 is 2.00 bits per heavy atom. The number of hydrogen-bond donors (Lipinski definition) is 2. The minimum atomic E-state index is 0.104. The van der Waals surface area contributed by atoms with Crippen molar-refractivity contribution in [3.05, 3.63) is 40.5 Å². The number of benzene rings is 1. The van der Waals surface area contributed by atoms with Crippen molar-refractivity contribution in [1.29, 1.82) is 0 Å². The topological polar surface area (TPSA) is 64.1 Å². The van der Waals surface area contributed by atoms with Gasteiger partial charge in [-0.1, -0.05) is 11.3 Å². The van der Waals surface area contributed by atoms with Crippen LogP contribution in [0.1, 0.15) is 42.1 Å². The summed E-state index contributed by atoms with van der Waals surface area (Å²) in [6, 6.07) is 8.36. The van der Waals surface area contributed by atoms with E-state index in [0.717, 1.165) is 28.7 Å². The zero-order valence-corrected chi connectivity index (χ0v) is 15.3. The summed E-state index contributed by atoms with van der Waals surface area (Å²) in [5.41, 5.74) is 1.19. The van der Waals surface area contributed by atoms with Crippen molar-refractivity contribution in [3.8, 4) is 11.6 Å². The normalized spacial score (nSPS) is 16.6. The maximum atomic E-state index is 10.8. The third-order valence-corrected chi connectivity index (χ3v) is 5.83.